The number of fused-ring (bicyclic) bond motifs is 1. The van der Waals surface area contributed by atoms with Crippen LogP contribution in [0.2, 0.25) is 0 Å². The topological polar surface area (TPSA) is 97.4 Å². The van der Waals surface area contributed by atoms with E-state index < -0.39 is 16.1 Å². The van der Waals surface area contributed by atoms with E-state index in [1.807, 2.05) is 6.92 Å². The van der Waals surface area contributed by atoms with Gasteiger partial charge in [-0.15, -0.1) is 0 Å². The van der Waals surface area contributed by atoms with Gasteiger partial charge in [0.15, 0.2) is 6.10 Å². The van der Waals surface area contributed by atoms with Crippen molar-refractivity contribution in [3.8, 4) is 5.75 Å². The molecule has 8 heteroatoms. The molecule has 2 aromatic rings. The van der Waals surface area contributed by atoms with Gasteiger partial charge in [0.25, 0.3) is 15.9 Å². The first kappa shape index (κ1) is 18.2. The summed E-state index contributed by atoms with van der Waals surface area (Å²) in [5.74, 6) is 0.453. The van der Waals surface area contributed by atoms with Crippen molar-refractivity contribution in [1.29, 1.82) is 0 Å². The number of ether oxygens (including phenoxy) is 1. The molecule has 2 heterocycles. The molecule has 0 bridgehead atoms. The highest BCUT2D eigenvalue weighted by molar-refractivity contribution is 7.92. The van der Waals surface area contributed by atoms with Crippen molar-refractivity contribution in [3.63, 3.8) is 0 Å². The molecule has 0 saturated heterocycles. The molecule has 0 aliphatic carbocycles. The fourth-order valence-corrected chi connectivity index (χ4v) is 3.70. The summed E-state index contributed by atoms with van der Waals surface area (Å²) in [7, 11) is -3.83. The van der Waals surface area contributed by atoms with Crippen LogP contribution in [0.3, 0.4) is 0 Å². The van der Waals surface area contributed by atoms with Gasteiger partial charge in [-0.25, -0.2) is 13.4 Å². The van der Waals surface area contributed by atoms with Gasteiger partial charge in [-0.05, 0) is 50.1 Å². The molecule has 3 rings (SSSR count). The van der Waals surface area contributed by atoms with Crippen molar-refractivity contribution in [2.45, 2.75) is 44.1 Å². The highest BCUT2D eigenvalue weighted by Crippen LogP contribution is 2.33. The molecule has 1 aliphatic heterocycles. The molecule has 138 valence electrons. The maximum absolute atomic E-state index is 12.6. The lowest BCUT2D eigenvalue weighted by molar-refractivity contribution is -0.123. The number of nitrogens with zero attached hydrogens (tertiary/aromatic N) is 1. The van der Waals surface area contributed by atoms with Gasteiger partial charge in [0.1, 0.15) is 11.6 Å². The number of amides is 1. The Bertz CT molecular complexity index is 928. The Kier molecular flexibility index (Phi) is 5.13. The number of hydrogen-bond donors (Lipinski definition) is 2. The van der Waals surface area contributed by atoms with Crippen LogP contribution in [0.5, 0.6) is 5.75 Å². The zero-order chi connectivity index (χ0) is 18.7. The number of pyridine rings is 1. The normalized spacial score (nSPS) is 16.4. The van der Waals surface area contributed by atoms with Gasteiger partial charge in [-0.3, -0.25) is 9.52 Å². The van der Waals surface area contributed by atoms with Crippen LogP contribution >= 0.6 is 0 Å². The standard InChI is InChI=1S/C18H21N3O4S/c1-3-4-7-16-18(22)20-14-11-13(9-10-15(14)25-16)26(23,24)21-17-8-5-6-12(2)19-17/h5-6,8-11,16H,3-4,7H2,1-2H3,(H,19,21)(H,20,22)/t16-/m0/s1. The van der Waals surface area contributed by atoms with Crippen LogP contribution in [-0.2, 0) is 14.8 Å². The number of sulfonamides is 1. The Labute approximate surface area is 152 Å². The van der Waals surface area contributed by atoms with Gasteiger partial charge in [0.2, 0.25) is 0 Å². The second-order valence-electron chi connectivity index (χ2n) is 6.17. The van der Waals surface area contributed by atoms with Gasteiger partial charge >= 0.3 is 0 Å². The molecular weight excluding hydrogens is 354 g/mol. The predicted molar refractivity (Wildman–Crippen MR) is 98.8 cm³/mol. The number of unbranched alkanes of at least 4 members (excludes halogenated alkanes) is 1. The lowest BCUT2D eigenvalue weighted by Crippen LogP contribution is -2.37. The first-order valence-electron chi connectivity index (χ1n) is 8.47. The third kappa shape index (κ3) is 3.96. The summed E-state index contributed by atoms with van der Waals surface area (Å²) in [6.45, 7) is 3.82. The summed E-state index contributed by atoms with van der Waals surface area (Å²) < 4.78 is 33.3. The number of anilines is 2. The average Bonchev–Trinajstić information content (AvgIpc) is 2.59. The molecule has 0 unspecified atom stereocenters. The molecule has 0 saturated carbocycles. The number of benzene rings is 1. The highest BCUT2D eigenvalue weighted by atomic mass is 32.2. The van der Waals surface area contributed by atoms with E-state index in [4.69, 9.17) is 4.74 Å². The van der Waals surface area contributed by atoms with Crippen LogP contribution in [0.15, 0.2) is 41.3 Å². The maximum atomic E-state index is 12.6. The molecule has 1 amide bonds. The number of nitrogens with one attached hydrogen (secondary N) is 2. The quantitative estimate of drug-likeness (QED) is 0.809. The van der Waals surface area contributed by atoms with E-state index in [1.165, 1.54) is 12.1 Å². The Morgan fingerprint density at radius 1 is 1.27 bits per heavy atom. The minimum absolute atomic E-state index is 0.0236. The van der Waals surface area contributed by atoms with Gasteiger partial charge in [0.05, 0.1) is 10.6 Å². The van der Waals surface area contributed by atoms with Crippen molar-refractivity contribution in [2.24, 2.45) is 0 Å². The minimum atomic E-state index is -3.83. The molecule has 1 atom stereocenters. The lowest BCUT2D eigenvalue weighted by Gasteiger charge is -2.26. The van der Waals surface area contributed by atoms with Crippen molar-refractivity contribution in [2.75, 3.05) is 10.0 Å². The van der Waals surface area contributed by atoms with Crippen LogP contribution < -0.4 is 14.8 Å². The summed E-state index contributed by atoms with van der Waals surface area (Å²) in [4.78, 5) is 16.3. The Balaban J connectivity index is 1.82. The number of aromatic nitrogens is 1. The zero-order valence-corrected chi connectivity index (χ0v) is 15.5. The van der Waals surface area contributed by atoms with Crippen LogP contribution in [0.25, 0.3) is 0 Å². The van der Waals surface area contributed by atoms with E-state index in [9.17, 15) is 13.2 Å². The maximum Gasteiger partial charge on any atom is 0.265 e. The molecule has 1 aromatic carbocycles. The number of rotatable bonds is 6. The first-order valence-corrected chi connectivity index (χ1v) is 9.95. The first-order chi connectivity index (χ1) is 12.4. The zero-order valence-electron chi connectivity index (χ0n) is 14.7. The largest absolute Gasteiger partial charge is 0.478 e. The Morgan fingerprint density at radius 3 is 2.81 bits per heavy atom. The summed E-state index contributed by atoms with van der Waals surface area (Å²) in [6, 6.07) is 9.47. The van der Waals surface area contributed by atoms with E-state index in [2.05, 4.69) is 15.0 Å². The van der Waals surface area contributed by atoms with Crippen molar-refractivity contribution < 1.29 is 17.9 Å². The summed E-state index contributed by atoms with van der Waals surface area (Å²) in [5.41, 5.74) is 1.05. The Hall–Kier alpha value is -2.61. The molecule has 7 nitrogen and oxygen atoms in total. The van der Waals surface area contributed by atoms with Crippen molar-refractivity contribution in [1.82, 2.24) is 4.98 Å². The number of carbonyl (C=O) groups is 1. The minimum Gasteiger partial charge on any atom is -0.478 e. The molecule has 0 radical (unpaired) electrons. The molecular formula is C18H21N3O4S. The molecule has 26 heavy (non-hydrogen) atoms. The fourth-order valence-electron chi connectivity index (χ4n) is 2.67. The SMILES string of the molecule is CCCC[C@@H]1Oc2ccc(S(=O)(=O)Nc3cccc(C)n3)cc2NC1=O. The summed E-state index contributed by atoms with van der Waals surface area (Å²) in [5, 5.41) is 2.73. The smallest absolute Gasteiger partial charge is 0.265 e. The fraction of sp³-hybridized carbons (Fsp3) is 0.333. The van der Waals surface area contributed by atoms with E-state index in [0.29, 0.717) is 23.6 Å². The monoisotopic (exact) mass is 375 g/mol. The second-order valence-corrected chi connectivity index (χ2v) is 7.85. The van der Waals surface area contributed by atoms with Crippen LogP contribution in [0, 0.1) is 6.92 Å². The van der Waals surface area contributed by atoms with Gasteiger partial charge in [0, 0.05) is 5.69 Å². The van der Waals surface area contributed by atoms with E-state index in [1.54, 1.807) is 31.2 Å². The molecule has 0 spiro atoms. The Morgan fingerprint density at radius 2 is 2.08 bits per heavy atom. The third-order valence-electron chi connectivity index (χ3n) is 4.03. The van der Waals surface area contributed by atoms with Crippen molar-refractivity contribution >= 4 is 27.4 Å². The molecule has 1 aliphatic rings. The third-order valence-corrected chi connectivity index (χ3v) is 5.38. The second kappa shape index (κ2) is 7.33. The van der Waals surface area contributed by atoms with E-state index in [0.717, 1.165) is 12.8 Å². The van der Waals surface area contributed by atoms with Crippen LogP contribution in [0.4, 0.5) is 11.5 Å². The van der Waals surface area contributed by atoms with E-state index >= 15 is 0 Å². The molecule has 0 fully saturated rings. The predicted octanol–water partition coefficient (Wildman–Crippen LogP) is 3.08. The number of hydrogen-bond acceptors (Lipinski definition) is 5. The van der Waals surface area contributed by atoms with Crippen molar-refractivity contribution in [3.05, 3.63) is 42.1 Å². The highest BCUT2D eigenvalue weighted by Gasteiger charge is 2.28. The number of carbonyl (C=O) groups excluding carboxylic acids is 1. The summed E-state index contributed by atoms with van der Waals surface area (Å²) >= 11 is 0. The van der Waals surface area contributed by atoms with E-state index in [-0.39, 0.29) is 16.6 Å². The average molecular weight is 375 g/mol. The van der Waals surface area contributed by atoms with Crippen LogP contribution in [-0.4, -0.2) is 25.4 Å². The molecule has 2 N–H and O–H groups in total. The lowest BCUT2D eigenvalue weighted by atomic mass is 10.1. The van der Waals surface area contributed by atoms with Gasteiger partial charge in [-0.1, -0.05) is 19.4 Å². The number of aryl methyl sites for hydroxylation is 1. The van der Waals surface area contributed by atoms with Gasteiger partial charge in [-0.2, -0.15) is 0 Å². The van der Waals surface area contributed by atoms with Crippen LogP contribution in [0.1, 0.15) is 31.9 Å². The summed E-state index contributed by atoms with van der Waals surface area (Å²) in [6.07, 6.45) is 1.94. The van der Waals surface area contributed by atoms with Gasteiger partial charge < -0.3 is 10.1 Å². The molecule has 1 aromatic heterocycles.